The van der Waals surface area contributed by atoms with Gasteiger partial charge in [0, 0.05) is 17.5 Å². The summed E-state index contributed by atoms with van der Waals surface area (Å²) in [5.41, 5.74) is 3.30. The highest BCUT2D eigenvalue weighted by Gasteiger charge is 2.34. The van der Waals surface area contributed by atoms with Crippen LogP contribution in [0.1, 0.15) is 53.4 Å². The van der Waals surface area contributed by atoms with Crippen LogP contribution in [0.15, 0.2) is 36.4 Å². The molecule has 3 rings (SSSR count). The van der Waals surface area contributed by atoms with Crippen molar-refractivity contribution in [1.82, 2.24) is 5.32 Å². The minimum Gasteiger partial charge on any atom is -0.487 e. The number of fused-ring (bicyclic) bond motifs is 1. The minimum atomic E-state index is -3.37. The van der Waals surface area contributed by atoms with Gasteiger partial charge in [-0.2, -0.15) is 0 Å². The summed E-state index contributed by atoms with van der Waals surface area (Å²) in [5.74, 6) is 0.591. The normalized spacial score (nSPS) is 18.0. The van der Waals surface area contributed by atoms with Gasteiger partial charge in [-0.05, 0) is 63.1 Å². The van der Waals surface area contributed by atoms with E-state index in [1.54, 1.807) is 25.1 Å². The molecule has 1 unspecified atom stereocenters. The van der Waals surface area contributed by atoms with E-state index in [0.29, 0.717) is 23.2 Å². The Bertz CT molecular complexity index is 1030. The number of hydrogen-bond acceptors (Lipinski definition) is 4. The second-order valence-electron chi connectivity index (χ2n) is 8.04. The fraction of sp³-hybridized carbons (Fsp3) is 0.381. The molecule has 150 valence electrons. The van der Waals surface area contributed by atoms with Crippen LogP contribution in [0.3, 0.4) is 0 Å². The molecule has 0 aromatic heterocycles. The lowest BCUT2D eigenvalue weighted by Crippen LogP contribution is -2.41. The molecule has 1 amide bonds. The van der Waals surface area contributed by atoms with Crippen molar-refractivity contribution < 1.29 is 17.9 Å². The predicted molar refractivity (Wildman–Crippen MR) is 110 cm³/mol. The van der Waals surface area contributed by atoms with Crippen molar-refractivity contribution in [3.05, 3.63) is 58.7 Å². The highest BCUT2D eigenvalue weighted by molar-refractivity contribution is 7.92. The molecule has 1 heterocycles. The van der Waals surface area contributed by atoms with Crippen molar-refractivity contribution >= 4 is 21.6 Å². The summed E-state index contributed by atoms with van der Waals surface area (Å²) >= 11 is 0. The van der Waals surface area contributed by atoms with E-state index >= 15 is 0 Å². The molecule has 0 spiro atoms. The number of nitrogens with one attached hydrogen (secondary N) is 2. The summed E-state index contributed by atoms with van der Waals surface area (Å²) in [5, 5.41) is 3.10. The first kappa shape index (κ1) is 20.2. The monoisotopic (exact) mass is 402 g/mol. The van der Waals surface area contributed by atoms with Gasteiger partial charge >= 0.3 is 0 Å². The lowest BCUT2D eigenvalue weighted by Gasteiger charge is -2.38. The van der Waals surface area contributed by atoms with E-state index in [9.17, 15) is 13.2 Å². The van der Waals surface area contributed by atoms with Crippen molar-refractivity contribution in [2.45, 2.75) is 45.8 Å². The van der Waals surface area contributed by atoms with Crippen LogP contribution in [0.25, 0.3) is 0 Å². The van der Waals surface area contributed by atoms with Crippen molar-refractivity contribution in [2.24, 2.45) is 0 Å². The molecule has 2 aromatic carbocycles. The second kappa shape index (κ2) is 7.13. The number of carbonyl (C=O) groups excluding carboxylic acids is 1. The Morgan fingerprint density at radius 1 is 1.14 bits per heavy atom. The third-order valence-corrected chi connectivity index (χ3v) is 5.31. The maximum absolute atomic E-state index is 12.9. The van der Waals surface area contributed by atoms with E-state index in [-0.39, 0.29) is 11.9 Å². The molecule has 0 fully saturated rings. The summed E-state index contributed by atoms with van der Waals surface area (Å²) in [6, 6.07) is 10.7. The first-order chi connectivity index (χ1) is 12.9. The standard InChI is InChI=1S/C21H26N2O4S/c1-13-6-8-16-18(12-21(3,4)27-19(16)10-13)22-20(24)15-7-9-17(14(2)11-15)23-28(5,25)26/h6-11,18,23H,12H2,1-5H3,(H,22,24). The largest absolute Gasteiger partial charge is 0.487 e. The quantitative estimate of drug-likeness (QED) is 0.817. The number of rotatable bonds is 4. The molecule has 2 aromatic rings. The molecule has 1 aliphatic rings. The molecular formula is C21H26N2O4S. The molecule has 0 saturated carbocycles. The average molecular weight is 403 g/mol. The van der Waals surface area contributed by atoms with Crippen LogP contribution >= 0.6 is 0 Å². The number of carbonyl (C=O) groups is 1. The average Bonchev–Trinajstić information content (AvgIpc) is 2.54. The summed E-state index contributed by atoms with van der Waals surface area (Å²) in [4.78, 5) is 12.9. The lowest BCUT2D eigenvalue weighted by atomic mass is 9.89. The molecule has 0 saturated heterocycles. The second-order valence-corrected chi connectivity index (χ2v) is 9.79. The zero-order chi connectivity index (χ0) is 20.7. The lowest BCUT2D eigenvalue weighted by molar-refractivity contribution is 0.0619. The maximum atomic E-state index is 12.9. The fourth-order valence-corrected chi connectivity index (χ4v) is 4.08. The molecule has 7 heteroatoms. The molecule has 0 aliphatic carbocycles. The summed E-state index contributed by atoms with van der Waals surface area (Å²) in [6.07, 6.45) is 1.75. The van der Waals surface area contributed by atoms with Gasteiger partial charge < -0.3 is 10.1 Å². The Morgan fingerprint density at radius 2 is 1.86 bits per heavy atom. The molecule has 1 aliphatic heterocycles. The topological polar surface area (TPSA) is 84.5 Å². The Hall–Kier alpha value is -2.54. The zero-order valence-corrected chi connectivity index (χ0v) is 17.6. The first-order valence-electron chi connectivity index (χ1n) is 9.12. The number of ether oxygens (including phenoxy) is 1. The van der Waals surface area contributed by atoms with Crippen LogP contribution in [0, 0.1) is 13.8 Å². The molecule has 0 radical (unpaired) electrons. The molecule has 1 atom stereocenters. The van der Waals surface area contributed by atoms with Crippen LogP contribution in [0.5, 0.6) is 5.75 Å². The van der Waals surface area contributed by atoms with Crippen molar-refractivity contribution in [2.75, 3.05) is 11.0 Å². The Kier molecular flexibility index (Phi) is 5.14. The van der Waals surface area contributed by atoms with Crippen LogP contribution in [0.2, 0.25) is 0 Å². The third kappa shape index (κ3) is 4.65. The van der Waals surface area contributed by atoms with Crippen LogP contribution < -0.4 is 14.8 Å². The number of sulfonamides is 1. The number of amides is 1. The van der Waals surface area contributed by atoms with E-state index in [0.717, 1.165) is 23.1 Å². The number of benzene rings is 2. The van der Waals surface area contributed by atoms with Gasteiger partial charge in [-0.1, -0.05) is 12.1 Å². The van der Waals surface area contributed by atoms with Crippen molar-refractivity contribution in [1.29, 1.82) is 0 Å². The molecule has 0 bridgehead atoms. The Morgan fingerprint density at radius 3 is 2.50 bits per heavy atom. The molecule has 28 heavy (non-hydrogen) atoms. The molecule has 6 nitrogen and oxygen atoms in total. The van der Waals surface area contributed by atoms with E-state index in [2.05, 4.69) is 10.0 Å². The number of hydrogen-bond donors (Lipinski definition) is 2. The van der Waals surface area contributed by atoms with E-state index in [4.69, 9.17) is 4.74 Å². The van der Waals surface area contributed by atoms with E-state index in [1.165, 1.54) is 0 Å². The number of anilines is 1. The van der Waals surface area contributed by atoms with Crippen LogP contribution in [0.4, 0.5) is 5.69 Å². The summed E-state index contributed by atoms with van der Waals surface area (Å²) in [6.45, 7) is 7.79. The van der Waals surface area contributed by atoms with E-state index < -0.39 is 15.6 Å². The van der Waals surface area contributed by atoms with Gasteiger partial charge in [0.15, 0.2) is 0 Å². The summed E-state index contributed by atoms with van der Waals surface area (Å²) in [7, 11) is -3.37. The van der Waals surface area contributed by atoms with Crippen LogP contribution in [-0.4, -0.2) is 26.2 Å². The minimum absolute atomic E-state index is 0.166. The fourth-order valence-electron chi connectivity index (χ4n) is 3.45. The van der Waals surface area contributed by atoms with Gasteiger partial charge in [0.1, 0.15) is 11.4 Å². The van der Waals surface area contributed by atoms with Gasteiger partial charge in [-0.3, -0.25) is 9.52 Å². The Labute approximate surface area is 166 Å². The Balaban J connectivity index is 1.84. The first-order valence-corrected chi connectivity index (χ1v) is 11.0. The van der Waals surface area contributed by atoms with Gasteiger partial charge in [0.25, 0.3) is 5.91 Å². The van der Waals surface area contributed by atoms with Crippen LogP contribution in [-0.2, 0) is 10.0 Å². The zero-order valence-electron chi connectivity index (χ0n) is 16.8. The highest BCUT2D eigenvalue weighted by atomic mass is 32.2. The SMILES string of the molecule is Cc1ccc2c(c1)OC(C)(C)CC2NC(=O)c1ccc(NS(C)(=O)=O)c(C)c1. The molecule has 2 N–H and O–H groups in total. The van der Waals surface area contributed by atoms with Gasteiger partial charge in [-0.25, -0.2) is 8.42 Å². The number of aryl methyl sites for hydroxylation is 2. The van der Waals surface area contributed by atoms with Crippen molar-refractivity contribution in [3.8, 4) is 5.75 Å². The van der Waals surface area contributed by atoms with Crippen molar-refractivity contribution in [3.63, 3.8) is 0 Å². The highest BCUT2D eigenvalue weighted by Crippen LogP contribution is 2.40. The molecular weight excluding hydrogens is 376 g/mol. The summed E-state index contributed by atoms with van der Waals surface area (Å²) < 4.78 is 31.4. The third-order valence-electron chi connectivity index (χ3n) is 4.72. The predicted octanol–water partition coefficient (Wildman–Crippen LogP) is 3.71. The van der Waals surface area contributed by atoms with Gasteiger partial charge in [-0.15, -0.1) is 0 Å². The smallest absolute Gasteiger partial charge is 0.251 e. The maximum Gasteiger partial charge on any atom is 0.251 e. The van der Waals surface area contributed by atoms with E-state index in [1.807, 2.05) is 39.0 Å². The van der Waals surface area contributed by atoms with Gasteiger partial charge in [0.05, 0.1) is 18.0 Å². The van der Waals surface area contributed by atoms with Gasteiger partial charge in [0.2, 0.25) is 10.0 Å².